The monoisotopic (exact) mass is 497 g/mol. The second-order valence-electron chi connectivity index (χ2n) is 6.50. The van der Waals surface area contributed by atoms with Gasteiger partial charge in [-0.05, 0) is 39.0 Å². The first-order valence-electron chi connectivity index (χ1n) is 9.99. The first-order chi connectivity index (χ1) is 15.8. The van der Waals surface area contributed by atoms with Gasteiger partial charge in [-0.1, -0.05) is 23.2 Å². The highest BCUT2D eigenvalue weighted by atomic mass is 35.5. The first kappa shape index (κ1) is 26.2. The molecule has 0 spiro atoms. The summed E-state index contributed by atoms with van der Waals surface area (Å²) in [5, 5.41) is 11.0. The Morgan fingerprint density at radius 3 is 2.24 bits per heavy atom. The molecule has 0 saturated heterocycles. The van der Waals surface area contributed by atoms with E-state index in [4.69, 9.17) is 42.1 Å². The van der Waals surface area contributed by atoms with Crippen LogP contribution >= 0.6 is 23.2 Å². The molecule has 1 unspecified atom stereocenters. The van der Waals surface area contributed by atoms with E-state index in [1.54, 1.807) is 19.1 Å². The van der Waals surface area contributed by atoms with E-state index < -0.39 is 17.7 Å². The minimum absolute atomic E-state index is 0.171. The number of benzene rings is 2. The zero-order valence-electron chi connectivity index (χ0n) is 18.9. The maximum Gasteiger partial charge on any atom is 0.258 e. The van der Waals surface area contributed by atoms with Gasteiger partial charge >= 0.3 is 0 Å². The van der Waals surface area contributed by atoms with E-state index in [-0.39, 0.29) is 27.2 Å². The van der Waals surface area contributed by atoms with Gasteiger partial charge in [-0.25, -0.2) is 0 Å². The number of ether oxygens (including phenoxy) is 4. The molecule has 9 nitrogen and oxygen atoms in total. The van der Waals surface area contributed by atoms with Gasteiger partial charge < -0.3 is 24.3 Å². The number of Topliss-reactive ketones (excluding diaryl/α,β-unsaturated/α-hetero) is 1. The number of amides is 1. The van der Waals surface area contributed by atoms with E-state index in [0.29, 0.717) is 30.5 Å². The van der Waals surface area contributed by atoms with Crippen molar-refractivity contribution < 1.29 is 28.5 Å². The van der Waals surface area contributed by atoms with Crippen molar-refractivity contribution in [3.8, 4) is 23.0 Å². The highest BCUT2D eigenvalue weighted by Gasteiger charge is 2.26. The molecule has 11 heteroatoms. The van der Waals surface area contributed by atoms with Gasteiger partial charge in [-0.3, -0.25) is 9.59 Å². The molecule has 2 aromatic rings. The summed E-state index contributed by atoms with van der Waals surface area (Å²) in [5.41, 5.74) is 0.438. The van der Waals surface area contributed by atoms with Gasteiger partial charge in [0.1, 0.15) is 5.69 Å². The van der Waals surface area contributed by atoms with Gasteiger partial charge in [0.05, 0.1) is 43.2 Å². The van der Waals surface area contributed by atoms with Crippen LogP contribution in [0, 0.1) is 0 Å². The number of hydrogen-bond acceptors (Lipinski definition) is 8. The Bertz CT molecular complexity index is 1050. The summed E-state index contributed by atoms with van der Waals surface area (Å²) in [4.78, 5) is 25.1. The number of nitrogens with one attached hydrogen (secondary N) is 1. The van der Waals surface area contributed by atoms with Gasteiger partial charge in [0, 0.05) is 6.07 Å². The molecular weight excluding hydrogens is 473 g/mol. The molecule has 33 heavy (non-hydrogen) atoms. The third-order valence-electron chi connectivity index (χ3n) is 4.25. The molecule has 0 aliphatic rings. The highest BCUT2D eigenvalue weighted by molar-refractivity contribution is 6.34. The van der Waals surface area contributed by atoms with Gasteiger partial charge in [0.25, 0.3) is 5.91 Å². The Hall–Kier alpha value is -3.04. The van der Waals surface area contributed by atoms with Crippen LogP contribution in [0.5, 0.6) is 23.0 Å². The van der Waals surface area contributed by atoms with E-state index in [2.05, 4.69) is 15.5 Å². The van der Waals surface area contributed by atoms with E-state index in [1.807, 2.05) is 6.92 Å². The topological polar surface area (TPSA) is 108 Å². The minimum Gasteiger partial charge on any atom is -0.493 e. The molecule has 0 radical (unpaired) electrons. The number of azo groups is 1. The number of rotatable bonds is 11. The Labute approximate surface area is 202 Å². The van der Waals surface area contributed by atoms with Crippen LogP contribution in [0.4, 0.5) is 11.4 Å². The van der Waals surface area contributed by atoms with Crippen molar-refractivity contribution in [2.24, 2.45) is 10.2 Å². The second kappa shape index (κ2) is 12.3. The quantitative estimate of drug-likeness (QED) is 0.324. The number of halogens is 2. The van der Waals surface area contributed by atoms with Crippen molar-refractivity contribution in [1.29, 1.82) is 0 Å². The molecule has 1 amide bonds. The largest absolute Gasteiger partial charge is 0.493 e. The lowest BCUT2D eigenvalue weighted by molar-refractivity contribution is -0.126. The third kappa shape index (κ3) is 6.49. The molecule has 0 fully saturated rings. The number of ketones is 1. The molecule has 0 bridgehead atoms. The molecule has 2 aromatic carbocycles. The zero-order valence-corrected chi connectivity index (χ0v) is 20.4. The maximum absolute atomic E-state index is 12.9. The predicted molar refractivity (Wildman–Crippen MR) is 126 cm³/mol. The SMILES string of the molecule is CCOc1ccc(Cl)c(NC(=O)C(N=Nc2cc(Cl)c(OC)c(OC)c2)C(C)=O)c1OCC. The molecular formula is C22H25Cl2N3O6. The molecule has 1 atom stereocenters. The van der Waals surface area contributed by atoms with Crippen LogP contribution in [-0.4, -0.2) is 45.2 Å². The van der Waals surface area contributed by atoms with Crippen LogP contribution in [0.3, 0.4) is 0 Å². The number of hydrogen-bond donors (Lipinski definition) is 1. The zero-order chi connectivity index (χ0) is 24.5. The summed E-state index contributed by atoms with van der Waals surface area (Å²) in [6.45, 7) is 5.51. The van der Waals surface area contributed by atoms with Gasteiger partial charge in [-0.2, -0.15) is 10.2 Å². The number of methoxy groups -OCH3 is 2. The van der Waals surface area contributed by atoms with E-state index >= 15 is 0 Å². The van der Waals surface area contributed by atoms with Gasteiger partial charge in [0.15, 0.2) is 28.8 Å². The lowest BCUT2D eigenvalue weighted by Gasteiger charge is -2.18. The number of carbonyl (C=O) groups is 2. The molecule has 0 aliphatic heterocycles. The van der Waals surface area contributed by atoms with Crippen molar-refractivity contribution in [3.05, 3.63) is 34.3 Å². The number of carbonyl (C=O) groups excluding carboxylic acids is 2. The van der Waals surface area contributed by atoms with Crippen molar-refractivity contribution >= 4 is 46.3 Å². The number of anilines is 1. The maximum atomic E-state index is 12.9. The first-order valence-corrected chi connectivity index (χ1v) is 10.7. The van der Waals surface area contributed by atoms with Crippen LogP contribution in [0.2, 0.25) is 10.0 Å². The van der Waals surface area contributed by atoms with Crippen molar-refractivity contribution in [3.63, 3.8) is 0 Å². The molecule has 0 aliphatic carbocycles. The summed E-state index contributed by atoms with van der Waals surface area (Å²) in [5.74, 6) is 0.0354. The fourth-order valence-corrected chi connectivity index (χ4v) is 3.29. The van der Waals surface area contributed by atoms with Crippen molar-refractivity contribution in [2.75, 3.05) is 32.8 Å². The molecule has 178 valence electrons. The normalized spacial score (nSPS) is 11.7. The Morgan fingerprint density at radius 1 is 0.970 bits per heavy atom. The molecule has 2 rings (SSSR count). The van der Waals surface area contributed by atoms with Gasteiger partial charge in [0.2, 0.25) is 6.04 Å². The average molecular weight is 498 g/mol. The average Bonchev–Trinajstić information content (AvgIpc) is 2.77. The van der Waals surface area contributed by atoms with Crippen molar-refractivity contribution in [2.45, 2.75) is 26.8 Å². The fraction of sp³-hybridized carbons (Fsp3) is 0.364. The van der Waals surface area contributed by atoms with Crippen molar-refractivity contribution in [1.82, 2.24) is 0 Å². The standard InChI is InChI=1S/C22H25Cl2N3O6/c1-6-32-16-9-8-14(23)19(21(16)33-7-2)25-22(29)18(12(3)28)27-26-13-10-15(24)20(31-5)17(11-13)30-4/h8-11,18H,6-7H2,1-5H3,(H,25,29). The van der Waals surface area contributed by atoms with Gasteiger partial charge in [-0.15, -0.1) is 0 Å². The Kier molecular flexibility index (Phi) is 9.74. The lowest BCUT2D eigenvalue weighted by atomic mass is 10.2. The smallest absolute Gasteiger partial charge is 0.258 e. The van der Waals surface area contributed by atoms with Crippen LogP contribution in [0.25, 0.3) is 0 Å². The second-order valence-corrected chi connectivity index (χ2v) is 7.31. The van der Waals surface area contributed by atoms with E-state index in [9.17, 15) is 9.59 Å². The minimum atomic E-state index is -1.45. The van der Waals surface area contributed by atoms with E-state index in [0.717, 1.165) is 0 Å². The summed E-state index contributed by atoms with van der Waals surface area (Å²) < 4.78 is 21.6. The number of nitrogens with zero attached hydrogens (tertiary/aromatic N) is 2. The predicted octanol–water partition coefficient (Wildman–Crippen LogP) is 5.49. The molecule has 0 saturated carbocycles. The van der Waals surface area contributed by atoms with Crippen LogP contribution in [0.1, 0.15) is 20.8 Å². The highest BCUT2D eigenvalue weighted by Crippen LogP contribution is 2.41. The molecule has 0 heterocycles. The molecule has 1 N–H and O–H groups in total. The fourth-order valence-electron chi connectivity index (χ4n) is 2.81. The van der Waals surface area contributed by atoms with Crippen LogP contribution < -0.4 is 24.3 Å². The summed E-state index contributed by atoms with van der Waals surface area (Å²) in [7, 11) is 2.89. The Balaban J connectivity index is 2.37. The van der Waals surface area contributed by atoms with Crippen LogP contribution in [0.15, 0.2) is 34.5 Å². The Morgan fingerprint density at radius 2 is 1.67 bits per heavy atom. The summed E-state index contributed by atoms with van der Waals surface area (Å²) in [6, 6.07) is 4.73. The van der Waals surface area contributed by atoms with E-state index in [1.165, 1.54) is 33.3 Å². The third-order valence-corrected chi connectivity index (χ3v) is 4.84. The lowest BCUT2D eigenvalue weighted by Crippen LogP contribution is -2.32. The summed E-state index contributed by atoms with van der Waals surface area (Å²) in [6.07, 6.45) is 0. The van der Waals surface area contributed by atoms with Crippen LogP contribution in [-0.2, 0) is 9.59 Å². The summed E-state index contributed by atoms with van der Waals surface area (Å²) >= 11 is 12.5. The molecule has 0 aromatic heterocycles.